The van der Waals surface area contributed by atoms with Crippen molar-refractivity contribution < 1.29 is 0 Å². The highest BCUT2D eigenvalue weighted by molar-refractivity contribution is 6.19. The monoisotopic (exact) mass is 508 g/mol. The second kappa shape index (κ2) is 8.61. The number of aromatic nitrogens is 2. The molecule has 0 atom stereocenters. The van der Waals surface area contributed by atoms with Gasteiger partial charge in [-0.1, -0.05) is 48.5 Å². The first-order valence-electron chi connectivity index (χ1n) is 12.5. The predicted octanol–water partition coefficient (Wildman–Crippen LogP) is 7.37. The number of para-hydroxylation sites is 4. The maximum Gasteiger partial charge on any atom is 0.101 e. The van der Waals surface area contributed by atoms with Crippen LogP contribution in [0.2, 0.25) is 0 Å². The van der Waals surface area contributed by atoms with Gasteiger partial charge in [-0.05, 0) is 48.5 Å². The number of rotatable bonds is 2. The molecule has 6 nitrogen and oxygen atoms in total. The van der Waals surface area contributed by atoms with E-state index in [1.165, 1.54) is 0 Å². The van der Waals surface area contributed by atoms with Crippen LogP contribution in [0.5, 0.6) is 0 Å². The highest BCUT2D eigenvalue weighted by Crippen LogP contribution is 2.41. The molecule has 0 saturated carbocycles. The molecule has 0 radical (unpaired) electrons. The molecule has 0 aliphatic heterocycles. The van der Waals surface area contributed by atoms with Crippen LogP contribution in [0, 0.1) is 45.3 Å². The van der Waals surface area contributed by atoms with E-state index in [4.69, 9.17) is 0 Å². The molecular formula is C34H16N6. The average Bonchev–Trinajstić information content (AvgIpc) is 3.50. The summed E-state index contributed by atoms with van der Waals surface area (Å²) in [7, 11) is 0. The van der Waals surface area contributed by atoms with Crippen LogP contribution in [0.25, 0.3) is 55.0 Å². The van der Waals surface area contributed by atoms with Gasteiger partial charge in [0.1, 0.15) is 24.3 Å². The highest BCUT2D eigenvalue weighted by Gasteiger charge is 2.22. The molecule has 0 aliphatic rings. The summed E-state index contributed by atoms with van der Waals surface area (Å²) in [6, 6.07) is 39.4. The third-order valence-corrected chi connectivity index (χ3v) is 7.47. The topological polar surface area (TPSA) is 105 Å². The van der Waals surface area contributed by atoms with E-state index in [1.807, 2.05) is 63.7 Å². The summed E-state index contributed by atoms with van der Waals surface area (Å²) in [5.41, 5.74) is 5.98. The van der Waals surface area contributed by atoms with Gasteiger partial charge in [-0.3, -0.25) is 0 Å². The summed E-state index contributed by atoms with van der Waals surface area (Å²) >= 11 is 0. The van der Waals surface area contributed by atoms with E-state index in [0.29, 0.717) is 33.6 Å². The van der Waals surface area contributed by atoms with E-state index in [-0.39, 0.29) is 0 Å². The van der Waals surface area contributed by atoms with Crippen molar-refractivity contribution in [3.8, 4) is 35.7 Å². The van der Waals surface area contributed by atoms with Crippen LogP contribution in [0.3, 0.4) is 0 Å². The van der Waals surface area contributed by atoms with Gasteiger partial charge in [-0.25, -0.2) is 0 Å². The predicted molar refractivity (Wildman–Crippen MR) is 154 cm³/mol. The highest BCUT2D eigenvalue weighted by atomic mass is 15.0. The van der Waals surface area contributed by atoms with E-state index in [9.17, 15) is 21.0 Å². The Bertz CT molecular complexity index is 2150. The zero-order valence-electron chi connectivity index (χ0n) is 20.9. The SMILES string of the molecule is N#Cc1cccc(C#N)c1-n1c2ccccc2c2cc3c4ccccc4n(-c4c(C#N)cccc4C#N)c3cc21. The zero-order chi connectivity index (χ0) is 27.4. The normalized spacial score (nSPS) is 10.9. The van der Waals surface area contributed by atoms with Gasteiger partial charge in [0.2, 0.25) is 0 Å². The molecule has 6 heteroatoms. The molecule has 0 N–H and O–H groups in total. The average molecular weight is 509 g/mol. The van der Waals surface area contributed by atoms with E-state index in [2.05, 4.69) is 30.3 Å². The van der Waals surface area contributed by atoms with E-state index in [1.54, 1.807) is 36.4 Å². The molecule has 40 heavy (non-hydrogen) atoms. The van der Waals surface area contributed by atoms with Crippen molar-refractivity contribution in [3.05, 3.63) is 119 Å². The molecule has 0 unspecified atom stereocenters. The van der Waals surface area contributed by atoms with E-state index < -0.39 is 0 Å². The fraction of sp³-hybridized carbons (Fsp3) is 0. The molecule has 2 heterocycles. The number of fused-ring (bicyclic) bond motifs is 6. The number of nitriles is 4. The van der Waals surface area contributed by atoms with Crippen molar-refractivity contribution in [1.82, 2.24) is 9.13 Å². The van der Waals surface area contributed by atoms with Crippen molar-refractivity contribution >= 4 is 43.6 Å². The minimum Gasteiger partial charge on any atom is -0.307 e. The number of hydrogen-bond acceptors (Lipinski definition) is 4. The van der Waals surface area contributed by atoms with Gasteiger partial charge in [0.05, 0.1) is 55.7 Å². The van der Waals surface area contributed by atoms with Crippen molar-refractivity contribution in [2.45, 2.75) is 0 Å². The molecule has 7 aromatic rings. The number of benzene rings is 5. The Balaban J connectivity index is 1.75. The molecule has 0 saturated heterocycles. The van der Waals surface area contributed by atoms with Crippen molar-refractivity contribution in [2.75, 3.05) is 0 Å². The Morgan fingerprint density at radius 3 is 1.12 bits per heavy atom. The van der Waals surface area contributed by atoms with Gasteiger partial charge in [-0.2, -0.15) is 21.0 Å². The van der Waals surface area contributed by atoms with Gasteiger partial charge in [0.15, 0.2) is 0 Å². The lowest BCUT2D eigenvalue weighted by atomic mass is 10.1. The number of hydrogen-bond donors (Lipinski definition) is 0. The van der Waals surface area contributed by atoms with Crippen LogP contribution in [0.15, 0.2) is 97.1 Å². The third kappa shape index (κ3) is 3.00. The molecule has 0 amide bonds. The Kier molecular flexibility index (Phi) is 4.91. The fourth-order valence-corrected chi connectivity index (χ4v) is 5.84. The molecule has 0 bridgehead atoms. The Morgan fingerprint density at radius 1 is 0.375 bits per heavy atom. The molecule has 0 fully saturated rings. The molecule has 2 aromatic heterocycles. The van der Waals surface area contributed by atoms with Gasteiger partial charge in [0.25, 0.3) is 0 Å². The van der Waals surface area contributed by atoms with Gasteiger partial charge in [-0.15, -0.1) is 0 Å². The minimum absolute atomic E-state index is 0.393. The minimum atomic E-state index is 0.393. The molecule has 0 spiro atoms. The largest absolute Gasteiger partial charge is 0.307 e. The second-order valence-corrected chi connectivity index (χ2v) is 9.44. The Hall–Kier alpha value is -6.34. The van der Waals surface area contributed by atoms with Crippen molar-refractivity contribution in [2.24, 2.45) is 0 Å². The van der Waals surface area contributed by atoms with Crippen molar-refractivity contribution in [1.29, 1.82) is 21.0 Å². The maximum atomic E-state index is 10.0. The lowest BCUT2D eigenvalue weighted by Gasteiger charge is -2.13. The summed E-state index contributed by atoms with van der Waals surface area (Å²) in [4.78, 5) is 0. The van der Waals surface area contributed by atoms with Crippen LogP contribution in [-0.2, 0) is 0 Å². The van der Waals surface area contributed by atoms with Crippen LogP contribution in [-0.4, -0.2) is 9.13 Å². The lowest BCUT2D eigenvalue weighted by Crippen LogP contribution is -2.02. The summed E-state index contributed by atoms with van der Waals surface area (Å²) < 4.78 is 3.95. The van der Waals surface area contributed by atoms with Crippen LogP contribution < -0.4 is 0 Å². The quantitative estimate of drug-likeness (QED) is 0.243. The summed E-state index contributed by atoms with van der Waals surface area (Å²) in [5.74, 6) is 0. The van der Waals surface area contributed by atoms with Crippen LogP contribution in [0.1, 0.15) is 22.3 Å². The standard InChI is InChI=1S/C34H16N6/c35-17-21-7-5-8-22(18-36)33(21)39-29-13-3-1-11-25(29)27-15-28-26-12-2-4-14-30(26)40(32(28)16-31(27)39)34-23(19-37)9-6-10-24(34)20-38/h1-16H. The summed E-state index contributed by atoms with van der Waals surface area (Å²) in [5, 5.41) is 44.0. The van der Waals surface area contributed by atoms with Gasteiger partial charge >= 0.3 is 0 Å². The molecule has 182 valence electrons. The zero-order valence-corrected chi connectivity index (χ0v) is 20.9. The maximum absolute atomic E-state index is 10.0. The first-order chi connectivity index (χ1) is 19.7. The molecule has 5 aromatic carbocycles. The summed E-state index contributed by atoms with van der Waals surface area (Å²) in [6.07, 6.45) is 0. The second-order valence-electron chi connectivity index (χ2n) is 9.44. The fourth-order valence-electron chi connectivity index (χ4n) is 5.84. The van der Waals surface area contributed by atoms with E-state index in [0.717, 1.165) is 43.6 Å². The third-order valence-electron chi connectivity index (χ3n) is 7.47. The first-order valence-corrected chi connectivity index (χ1v) is 12.5. The van der Waals surface area contributed by atoms with Crippen LogP contribution >= 0.6 is 0 Å². The molecule has 7 rings (SSSR count). The lowest BCUT2D eigenvalue weighted by molar-refractivity contribution is 1.14. The Labute approximate surface area is 228 Å². The Morgan fingerprint density at radius 2 is 0.750 bits per heavy atom. The van der Waals surface area contributed by atoms with Gasteiger partial charge < -0.3 is 9.13 Å². The van der Waals surface area contributed by atoms with Gasteiger partial charge in [0, 0.05) is 21.5 Å². The first kappa shape index (κ1) is 22.8. The van der Waals surface area contributed by atoms with Crippen LogP contribution in [0.4, 0.5) is 0 Å². The summed E-state index contributed by atoms with van der Waals surface area (Å²) in [6.45, 7) is 0. The van der Waals surface area contributed by atoms with Crippen molar-refractivity contribution in [3.63, 3.8) is 0 Å². The number of nitrogens with zero attached hydrogens (tertiary/aromatic N) is 6. The van der Waals surface area contributed by atoms with E-state index >= 15 is 0 Å². The molecule has 0 aliphatic carbocycles. The smallest absolute Gasteiger partial charge is 0.101 e. The molecular weight excluding hydrogens is 492 g/mol.